The molecule has 0 bridgehead atoms. The van der Waals surface area contributed by atoms with Crippen molar-refractivity contribution in [1.82, 2.24) is 0 Å². The zero-order valence-electron chi connectivity index (χ0n) is 7.41. The second-order valence-corrected chi connectivity index (χ2v) is 5.28. The Labute approximate surface area is 104 Å². The van der Waals surface area contributed by atoms with Crippen LogP contribution in [0.2, 0.25) is 0 Å². The third-order valence-corrected chi connectivity index (χ3v) is 1.93. The molecule has 0 aliphatic rings. The molecule has 0 spiro atoms. The Balaban J connectivity index is 2.84. The van der Waals surface area contributed by atoms with Gasteiger partial charge in [-0.2, -0.15) is 0 Å². The largest absolute Gasteiger partial charge is 0.269 e. The van der Waals surface area contributed by atoms with Crippen molar-refractivity contribution >= 4 is 37.5 Å². The van der Waals surface area contributed by atoms with Crippen molar-refractivity contribution in [3.8, 4) is 11.8 Å². The van der Waals surface area contributed by atoms with Crippen LogP contribution in [0.15, 0.2) is 33.7 Å². The summed E-state index contributed by atoms with van der Waals surface area (Å²) in [6.45, 7) is 0. The summed E-state index contributed by atoms with van der Waals surface area (Å²) < 4.78 is 0.754. The maximum Gasteiger partial charge on any atom is 0.269 e. The van der Waals surface area contributed by atoms with Crippen molar-refractivity contribution < 1.29 is 4.92 Å². The van der Waals surface area contributed by atoms with Crippen molar-refractivity contribution in [1.29, 1.82) is 0 Å². The molecule has 15 heavy (non-hydrogen) atoms. The molecule has 0 saturated carbocycles. The molecule has 0 aliphatic carbocycles. The summed E-state index contributed by atoms with van der Waals surface area (Å²) in [5.74, 6) is 5.61. The standard InChI is InChI=1S/C10H5Br2NO2/c11-10(12)3-1-2-8-4-6-9(7-5-8)13(14)15/h3-7H. The molecular formula is C10H5Br2NO2. The lowest BCUT2D eigenvalue weighted by molar-refractivity contribution is -0.384. The molecule has 0 fully saturated rings. The van der Waals surface area contributed by atoms with Gasteiger partial charge in [0.1, 0.15) is 0 Å². The molecule has 3 nitrogen and oxygen atoms in total. The molecule has 0 aliphatic heterocycles. The van der Waals surface area contributed by atoms with E-state index in [4.69, 9.17) is 0 Å². The summed E-state index contributed by atoms with van der Waals surface area (Å²) >= 11 is 6.33. The lowest BCUT2D eigenvalue weighted by Gasteiger charge is -1.90. The van der Waals surface area contributed by atoms with Gasteiger partial charge in [0.05, 0.1) is 8.31 Å². The third kappa shape index (κ3) is 4.28. The van der Waals surface area contributed by atoms with E-state index in [2.05, 4.69) is 43.7 Å². The summed E-state index contributed by atoms with van der Waals surface area (Å²) in [6, 6.07) is 6.08. The minimum absolute atomic E-state index is 0.0674. The quantitative estimate of drug-likeness (QED) is 0.449. The number of nitro benzene ring substituents is 1. The summed E-state index contributed by atoms with van der Waals surface area (Å²) in [5, 5.41) is 10.4. The van der Waals surface area contributed by atoms with Crippen LogP contribution in [0, 0.1) is 22.0 Å². The molecule has 0 aromatic heterocycles. The Kier molecular flexibility index (Phi) is 4.53. The van der Waals surface area contributed by atoms with Gasteiger partial charge in [-0.25, -0.2) is 0 Å². The molecule has 0 N–H and O–H groups in total. The van der Waals surface area contributed by atoms with E-state index >= 15 is 0 Å². The number of rotatable bonds is 1. The number of benzene rings is 1. The Morgan fingerprint density at radius 2 is 1.93 bits per heavy atom. The highest BCUT2D eigenvalue weighted by atomic mass is 79.9. The molecule has 0 radical (unpaired) electrons. The second-order valence-electron chi connectivity index (χ2n) is 2.51. The van der Waals surface area contributed by atoms with E-state index in [-0.39, 0.29) is 5.69 Å². The van der Waals surface area contributed by atoms with E-state index in [0.717, 1.165) is 8.96 Å². The molecule has 0 unspecified atom stereocenters. The molecule has 0 atom stereocenters. The van der Waals surface area contributed by atoms with Gasteiger partial charge in [0, 0.05) is 23.8 Å². The van der Waals surface area contributed by atoms with E-state index in [1.807, 2.05) is 0 Å². The highest BCUT2D eigenvalue weighted by Gasteiger charge is 2.01. The van der Waals surface area contributed by atoms with Gasteiger partial charge in [0.2, 0.25) is 0 Å². The molecule has 5 heteroatoms. The zero-order valence-corrected chi connectivity index (χ0v) is 10.6. The van der Waals surface area contributed by atoms with Gasteiger partial charge in [-0.3, -0.25) is 10.1 Å². The second kappa shape index (κ2) is 5.69. The highest BCUT2D eigenvalue weighted by molar-refractivity contribution is 9.28. The van der Waals surface area contributed by atoms with Gasteiger partial charge in [-0.15, -0.1) is 0 Å². The lowest BCUT2D eigenvalue weighted by Crippen LogP contribution is -1.86. The van der Waals surface area contributed by atoms with E-state index in [0.29, 0.717) is 0 Å². The van der Waals surface area contributed by atoms with Gasteiger partial charge in [0.15, 0.2) is 0 Å². The highest BCUT2D eigenvalue weighted by Crippen LogP contribution is 2.12. The zero-order chi connectivity index (χ0) is 11.3. The number of halogens is 2. The molecule has 1 rings (SSSR count). The fourth-order valence-corrected chi connectivity index (χ4v) is 1.07. The van der Waals surface area contributed by atoms with Gasteiger partial charge in [-0.1, -0.05) is 11.8 Å². The smallest absolute Gasteiger partial charge is 0.258 e. The van der Waals surface area contributed by atoms with Gasteiger partial charge in [0.25, 0.3) is 5.69 Å². The molecule has 0 amide bonds. The first-order valence-electron chi connectivity index (χ1n) is 3.87. The van der Waals surface area contributed by atoms with Crippen LogP contribution in [-0.2, 0) is 0 Å². The predicted molar refractivity (Wildman–Crippen MR) is 65.9 cm³/mol. The predicted octanol–water partition coefficient (Wildman–Crippen LogP) is 3.58. The van der Waals surface area contributed by atoms with Crippen molar-refractivity contribution in [2.75, 3.05) is 0 Å². The SMILES string of the molecule is O=[N+]([O-])c1ccc(C#CC=C(Br)Br)cc1. The minimum Gasteiger partial charge on any atom is -0.258 e. The van der Waals surface area contributed by atoms with Crippen LogP contribution in [0.4, 0.5) is 5.69 Å². The fourth-order valence-electron chi connectivity index (χ4n) is 0.840. The molecule has 76 valence electrons. The number of non-ortho nitro benzene ring substituents is 1. The van der Waals surface area contributed by atoms with Crippen LogP contribution < -0.4 is 0 Å². The summed E-state index contributed by atoms with van der Waals surface area (Å²) in [4.78, 5) is 9.92. The van der Waals surface area contributed by atoms with Crippen LogP contribution in [0.1, 0.15) is 5.56 Å². The normalized spacial score (nSPS) is 8.67. The topological polar surface area (TPSA) is 43.1 Å². The van der Waals surface area contributed by atoms with Crippen LogP contribution in [-0.4, -0.2) is 4.92 Å². The van der Waals surface area contributed by atoms with Crippen molar-refractivity contribution in [2.24, 2.45) is 0 Å². The number of nitrogens with zero attached hydrogens (tertiary/aromatic N) is 1. The van der Waals surface area contributed by atoms with Crippen molar-refractivity contribution in [3.05, 3.63) is 49.4 Å². The third-order valence-electron chi connectivity index (χ3n) is 1.48. The Morgan fingerprint density at radius 3 is 2.40 bits per heavy atom. The molecule has 0 heterocycles. The molecule has 1 aromatic rings. The Morgan fingerprint density at radius 1 is 1.33 bits per heavy atom. The first-order valence-corrected chi connectivity index (χ1v) is 5.45. The first-order chi connectivity index (χ1) is 7.09. The van der Waals surface area contributed by atoms with E-state index in [9.17, 15) is 10.1 Å². The van der Waals surface area contributed by atoms with Crippen molar-refractivity contribution in [3.63, 3.8) is 0 Å². The van der Waals surface area contributed by atoms with Crippen LogP contribution >= 0.6 is 31.9 Å². The average molecular weight is 331 g/mol. The number of nitro groups is 1. The van der Waals surface area contributed by atoms with Crippen LogP contribution in [0.3, 0.4) is 0 Å². The summed E-state index contributed by atoms with van der Waals surface area (Å²) in [5.41, 5.74) is 0.802. The Bertz CT molecular complexity index is 451. The monoisotopic (exact) mass is 329 g/mol. The Hall–Kier alpha value is -1.12. The number of allylic oxidation sites excluding steroid dienone is 1. The fraction of sp³-hybridized carbons (Fsp3) is 0. The molecular weight excluding hydrogens is 326 g/mol. The van der Waals surface area contributed by atoms with Crippen molar-refractivity contribution in [2.45, 2.75) is 0 Å². The lowest BCUT2D eigenvalue weighted by atomic mass is 10.2. The summed E-state index contributed by atoms with van der Waals surface area (Å²) in [6.07, 6.45) is 1.64. The summed E-state index contributed by atoms with van der Waals surface area (Å²) in [7, 11) is 0. The maximum absolute atomic E-state index is 10.4. The maximum atomic E-state index is 10.4. The van der Waals surface area contributed by atoms with E-state index in [1.165, 1.54) is 12.1 Å². The van der Waals surface area contributed by atoms with Gasteiger partial charge < -0.3 is 0 Å². The molecule has 1 aromatic carbocycles. The number of hydrogen-bond acceptors (Lipinski definition) is 2. The minimum atomic E-state index is -0.438. The van der Waals surface area contributed by atoms with Gasteiger partial charge >= 0.3 is 0 Å². The van der Waals surface area contributed by atoms with Crippen LogP contribution in [0.5, 0.6) is 0 Å². The van der Waals surface area contributed by atoms with Gasteiger partial charge in [-0.05, 0) is 44.0 Å². The molecule has 0 saturated heterocycles. The van der Waals surface area contributed by atoms with E-state index < -0.39 is 4.92 Å². The first kappa shape index (κ1) is 12.0. The van der Waals surface area contributed by atoms with Crippen LogP contribution in [0.25, 0.3) is 0 Å². The average Bonchev–Trinajstić information content (AvgIpc) is 2.18. The number of hydrogen-bond donors (Lipinski definition) is 0. The van der Waals surface area contributed by atoms with E-state index in [1.54, 1.807) is 18.2 Å².